The van der Waals surface area contributed by atoms with E-state index >= 15 is 0 Å². The van der Waals surface area contributed by atoms with Crippen molar-refractivity contribution in [2.24, 2.45) is 0 Å². The van der Waals surface area contributed by atoms with Crippen LogP contribution in [0, 0.1) is 6.92 Å². The molecule has 0 saturated carbocycles. The molecule has 0 atom stereocenters. The lowest BCUT2D eigenvalue weighted by Gasteiger charge is -2.04. The summed E-state index contributed by atoms with van der Waals surface area (Å²) in [6, 6.07) is 11.4. The highest BCUT2D eigenvalue weighted by molar-refractivity contribution is 7.98. The van der Waals surface area contributed by atoms with Gasteiger partial charge in [-0.15, -0.1) is 11.8 Å². The molecular weight excluding hydrogens is 284 g/mol. The minimum absolute atomic E-state index is 0.510. The summed E-state index contributed by atoms with van der Waals surface area (Å²) >= 11 is 1.63. The van der Waals surface area contributed by atoms with E-state index in [1.165, 1.54) is 5.56 Å². The summed E-state index contributed by atoms with van der Waals surface area (Å²) in [5.41, 5.74) is 8.44. The SMILES string of the molecule is Cc1ccc(N)cc1SCc1nc(-c2ccccn2)no1. The van der Waals surface area contributed by atoms with Crippen LogP contribution in [0.4, 0.5) is 5.69 Å². The maximum atomic E-state index is 5.80. The maximum Gasteiger partial charge on any atom is 0.237 e. The van der Waals surface area contributed by atoms with Crippen LogP contribution in [-0.2, 0) is 5.75 Å². The van der Waals surface area contributed by atoms with Crippen molar-refractivity contribution in [2.45, 2.75) is 17.6 Å². The molecule has 0 aliphatic rings. The Labute approximate surface area is 126 Å². The summed E-state index contributed by atoms with van der Waals surface area (Å²) < 4.78 is 5.26. The quantitative estimate of drug-likeness (QED) is 0.588. The average Bonchev–Trinajstić information content (AvgIpc) is 2.98. The standard InChI is InChI=1S/C15H14N4OS/c1-10-5-6-11(16)8-13(10)21-9-14-18-15(19-20-14)12-4-2-3-7-17-12/h2-8H,9,16H2,1H3. The van der Waals surface area contributed by atoms with Gasteiger partial charge in [0.05, 0.1) is 5.75 Å². The molecule has 3 aromatic rings. The molecule has 106 valence electrons. The highest BCUT2D eigenvalue weighted by Crippen LogP contribution is 2.27. The minimum Gasteiger partial charge on any atom is -0.399 e. The summed E-state index contributed by atoms with van der Waals surface area (Å²) in [5.74, 6) is 1.68. The Morgan fingerprint density at radius 2 is 2.14 bits per heavy atom. The number of rotatable bonds is 4. The number of nitrogens with zero attached hydrogens (tertiary/aromatic N) is 3. The lowest BCUT2D eigenvalue weighted by Crippen LogP contribution is -1.88. The Morgan fingerprint density at radius 1 is 1.24 bits per heavy atom. The van der Waals surface area contributed by atoms with E-state index in [0.29, 0.717) is 23.2 Å². The third-order valence-electron chi connectivity index (χ3n) is 2.93. The van der Waals surface area contributed by atoms with Crippen molar-refractivity contribution in [3.8, 4) is 11.5 Å². The number of benzene rings is 1. The molecule has 0 aliphatic carbocycles. The molecule has 2 heterocycles. The fraction of sp³-hybridized carbons (Fsp3) is 0.133. The van der Waals surface area contributed by atoms with E-state index in [-0.39, 0.29) is 0 Å². The second-order valence-corrected chi connectivity index (χ2v) is 5.56. The molecule has 2 N–H and O–H groups in total. The summed E-state index contributed by atoms with van der Waals surface area (Å²) in [6.07, 6.45) is 1.70. The lowest BCUT2D eigenvalue weighted by atomic mass is 10.2. The topological polar surface area (TPSA) is 77.8 Å². The Kier molecular flexibility index (Phi) is 3.87. The first-order valence-electron chi connectivity index (χ1n) is 6.45. The van der Waals surface area contributed by atoms with Crippen molar-refractivity contribution in [1.29, 1.82) is 0 Å². The van der Waals surface area contributed by atoms with Crippen LogP contribution in [-0.4, -0.2) is 15.1 Å². The van der Waals surface area contributed by atoms with Crippen LogP contribution in [0.2, 0.25) is 0 Å². The third kappa shape index (κ3) is 3.22. The maximum absolute atomic E-state index is 5.80. The third-order valence-corrected chi connectivity index (χ3v) is 4.07. The Morgan fingerprint density at radius 3 is 2.95 bits per heavy atom. The molecule has 5 nitrogen and oxygen atoms in total. The monoisotopic (exact) mass is 298 g/mol. The number of hydrogen-bond acceptors (Lipinski definition) is 6. The van der Waals surface area contributed by atoms with E-state index in [0.717, 1.165) is 10.6 Å². The minimum atomic E-state index is 0.510. The number of nitrogens with two attached hydrogens (primary N) is 1. The van der Waals surface area contributed by atoms with Gasteiger partial charge in [-0.3, -0.25) is 4.98 Å². The van der Waals surface area contributed by atoms with Crippen molar-refractivity contribution in [1.82, 2.24) is 15.1 Å². The normalized spacial score (nSPS) is 10.7. The van der Waals surface area contributed by atoms with Gasteiger partial charge in [0.2, 0.25) is 11.7 Å². The molecule has 0 bridgehead atoms. The van der Waals surface area contributed by atoms with Gasteiger partial charge in [-0.25, -0.2) is 0 Å². The van der Waals surface area contributed by atoms with Gasteiger partial charge in [0.25, 0.3) is 0 Å². The lowest BCUT2D eigenvalue weighted by molar-refractivity contribution is 0.391. The van der Waals surface area contributed by atoms with Gasteiger partial charge in [-0.05, 0) is 36.8 Å². The van der Waals surface area contributed by atoms with E-state index in [1.54, 1.807) is 18.0 Å². The molecule has 0 radical (unpaired) electrons. The first-order valence-corrected chi connectivity index (χ1v) is 7.44. The zero-order chi connectivity index (χ0) is 14.7. The Hall–Kier alpha value is -2.34. The smallest absolute Gasteiger partial charge is 0.237 e. The first kappa shape index (κ1) is 13.6. The molecule has 0 unspecified atom stereocenters. The fourth-order valence-electron chi connectivity index (χ4n) is 1.82. The van der Waals surface area contributed by atoms with Crippen molar-refractivity contribution in [2.75, 3.05) is 5.73 Å². The van der Waals surface area contributed by atoms with E-state index in [4.69, 9.17) is 10.3 Å². The molecule has 0 aliphatic heterocycles. The molecule has 21 heavy (non-hydrogen) atoms. The molecular formula is C15H14N4OS. The molecule has 0 spiro atoms. The predicted molar refractivity (Wildman–Crippen MR) is 82.7 cm³/mol. The van der Waals surface area contributed by atoms with Gasteiger partial charge >= 0.3 is 0 Å². The second-order valence-electron chi connectivity index (χ2n) is 4.54. The number of aromatic nitrogens is 3. The van der Waals surface area contributed by atoms with Crippen LogP contribution in [0.25, 0.3) is 11.5 Å². The number of nitrogen functional groups attached to an aromatic ring is 1. The van der Waals surface area contributed by atoms with Gasteiger partial charge in [-0.2, -0.15) is 4.98 Å². The number of pyridine rings is 1. The summed E-state index contributed by atoms with van der Waals surface area (Å²) in [4.78, 5) is 9.67. The second kappa shape index (κ2) is 5.97. The van der Waals surface area contributed by atoms with Crippen LogP contribution in [0.15, 0.2) is 52.0 Å². The van der Waals surface area contributed by atoms with Crippen LogP contribution in [0.5, 0.6) is 0 Å². The van der Waals surface area contributed by atoms with Gasteiger partial charge in [0, 0.05) is 16.8 Å². The molecule has 0 saturated heterocycles. The van der Waals surface area contributed by atoms with Crippen molar-refractivity contribution in [3.63, 3.8) is 0 Å². The molecule has 1 aromatic carbocycles. The van der Waals surface area contributed by atoms with Gasteiger partial charge in [0.1, 0.15) is 5.69 Å². The van der Waals surface area contributed by atoms with E-state index < -0.39 is 0 Å². The van der Waals surface area contributed by atoms with Crippen LogP contribution < -0.4 is 5.73 Å². The fourth-order valence-corrected chi connectivity index (χ4v) is 2.74. The summed E-state index contributed by atoms with van der Waals surface area (Å²) in [5, 5.41) is 3.95. The van der Waals surface area contributed by atoms with E-state index in [1.807, 2.05) is 36.4 Å². The largest absolute Gasteiger partial charge is 0.399 e. The molecule has 0 fully saturated rings. The molecule has 0 amide bonds. The zero-order valence-electron chi connectivity index (χ0n) is 11.5. The van der Waals surface area contributed by atoms with E-state index in [9.17, 15) is 0 Å². The number of aryl methyl sites for hydroxylation is 1. The predicted octanol–water partition coefficient (Wildman–Crippen LogP) is 3.31. The van der Waals surface area contributed by atoms with Crippen LogP contribution in [0.3, 0.4) is 0 Å². The summed E-state index contributed by atoms with van der Waals surface area (Å²) in [7, 11) is 0. The van der Waals surface area contributed by atoms with E-state index in [2.05, 4.69) is 22.0 Å². The van der Waals surface area contributed by atoms with Crippen molar-refractivity contribution >= 4 is 17.4 Å². The Bertz CT molecular complexity index is 742. The molecule has 6 heteroatoms. The average molecular weight is 298 g/mol. The van der Waals surface area contributed by atoms with Crippen LogP contribution >= 0.6 is 11.8 Å². The summed E-state index contributed by atoms with van der Waals surface area (Å²) in [6.45, 7) is 2.05. The van der Waals surface area contributed by atoms with Gasteiger partial charge < -0.3 is 10.3 Å². The highest BCUT2D eigenvalue weighted by atomic mass is 32.2. The van der Waals surface area contributed by atoms with Gasteiger partial charge in [0.15, 0.2) is 0 Å². The van der Waals surface area contributed by atoms with Crippen molar-refractivity contribution in [3.05, 3.63) is 54.0 Å². The zero-order valence-corrected chi connectivity index (χ0v) is 12.3. The molecule has 2 aromatic heterocycles. The number of anilines is 1. The number of thioether (sulfide) groups is 1. The van der Waals surface area contributed by atoms with Crippen LogP contribution in [0.1, 0.15) is 11.5 Å². The number of hydrogen-bond donors (Lipinski definition) is 1. The van der Waals surface area contributed by atoms with Gasteiger partial charge in [-0.1, -0.05) is 17.3 Å². The first-order chi connectivity index (χ1) is 10.2. The van der Waals surface area contributed by atoms with Crippen molar-refractivity contribution < 1.29 is 4.52 Å². The Balaban J connectivity index is 1.72. The highest BCUT2D eigenvalue weighted by Gasteiger charge is 2.10. The molecule has 3 rings (SSSR count).